The van der Waals surface area contributed by atoms with Crippen LogP contribution in [0.3, 0.4) is 0 Å². The van der Waals surface area contributed by atoms with Gasteiger partial charge in [0.05, 0.1) is 8.07 Å². The predicted molar refractivity (Wildman–Crippen MR) is 48.2 cm³/mol. The molecule has 0 atom stereocenters. The van der Waals surface area contributed by atoms with Crippen LogP contribution in [0.1, 0.15) is 13.3 Å². The van der Waals surface area contributed by atoms with Crippen molar-refractivity contribution < 1.29 is 0 Å². The molecule has 1 heteroatoms. The van der Waals surface area contributed by atoms with E-state index in [2.05, 4.69) is 6.92 Å². The Kier molecular flexibility index (Phi) is 5.05. The fourth-order valence-corrected chi connectivity index (χ4v) is 3.26. The van der Waals surface area contributed by atoms with Crippen molar-refractivity contribution in [2.45, 2.75) is 37.5 Å². The van der Waals surface area contributed by atoms with Gasteiger partial charge in [-0.3, -0.25) is 0 Å². The zero-order valence-electron chi connectivity index (χ0n) is 6.77. The first-order valence-electron chi connectivity index (χ1n) is 3.85. The van der Waals surface area contributed by atoms with Crippen molar-refractivity contribution in [2.75, 3.05) is 0 Å². The van der Waals surface area contributed by atoms with Gasteiger partial charge in [0.15, 0.2) is 0 Å². The Morgan fingerprint density at radius 2 is 1.40 bits per heavy atom. The van der Waals surface area contributed by atoms with E-state index in [0.717, 1.165) is 24.6 Å². The van der Waals surface area contributed by atoms with Crippen LogP contribution in [-0.4, -0.2) is 8.07 Å². The van der Waals surface area contributed by atoms with Gasteiger partial charge in [-0.25, -0.2) is 0 Å². The second-order valence-corrected chi connectivity index (χ2v) is 7.59. The van der Waals surface area contributed by atoms with E-state index < -0.39 is 8.07 Å². The highest BCUT2D eigenvalue weighted by molar-refractivity contribution is 6.80. The number of rotatable bonds is 5. The summed E-state index contributed by atoms with van der Waals surface area (Å²) in [6.45, 7) is 19.0. The highest BCUT2D eigenvalue weighted by Crippen LogP contribution is 2.25. The minimum absolute atomic E-state index is 0.744. The molecule has 0 bridgehead atoms. The van der Waals surface area contributed by atoms with Crippen LogP contribution >= 0.6 is 0 Å². The van der Waals surface area contributed by atoms with Gasteiger partial charge < -0.3 is 0 Å². The van der Waals surface area contributed by atoms with Crippen LogP contribution in [0.25, 0.3) is 0 Å². The molecule has 0 aromatic heterocycles. The van der Waals surface area contributed by atoms with Crippen LogP contribution in [0.2, 0.25) is 24.2 Å². The smallest absolute Gasteiger partial charge is 0.0544 e. The van der Waals surface area contributed by atoms with E-state index >= 15 is 0 Å². The van der Waals surface area contributed by atoms with Crippen molar-refractivity contribution in [1.82, 2.24) is 0 Å². The molecule has 56 valence electrons. The van der Waals surface area contributed by atoms with Gasteiger partial charge in [-0.1, -0.05) is 37.5 Å². The molecule has 0 nitrogen and oxygen atoms in total. The minimum atomic E-state index is -1.38. The summed E-state index contributed by atoms with van der Waals surface area (Å²) in [5.41, 5.74) is 0. The van der Waals surface area contributed by atoms with Crippen molar-refractivity contribution in [1.29, 1.82) is 0 Å². The van der Waals surface area contributed by atoms with Gasteiger partial charge in [0.25, 0.3) is 0 Å². The van der Waals surface area contributed by atoms with Crippen LogP contribution < -0.4 is 0 Å². The normalized spacial score (nSPS) is 12.0. The Morgan fingerprint density at radius 1 is 1.00 bits per heavy atom. The molecule has 6 radical (unpaired) electrons. The number of hydrogen-bond donors (Lipinski definition) is 0. The molecule has 0 heterocycles. The van der Waals surface area contributed by atoms with Crippen molar-refractivity contribution in [2.24, 2.45) is 0 Å². The molecule has 0 aliphatic heterocycles. The Labute approximate surface area is 67.0 Å². The summed E-state index contributed by atoms with van der Waals surface area (Å²) in [5.74, 6) is 0. The maximum atomic E-state index is 5.62. The van der Waals surface area contributed by atoms with Gasteiger partial charge in [-0.15, -0.1) is 0 Å². The maximum Gasteiger partial charge on any atom is 0.0544 e. The largest absolute Gasteiger partial charge is 0.0657 e. The fraction of sp³-hybridized carbons (Fsp3) is 0.667. The molecule has 0 saturated heterocycles. The summed E-state index contributed by atoms with van der Waals surface area (Å²) in [5, 5.41) is 0. The minimum Gasteiger partial charge on any atom is -0.0657 e. The summed E-state index contributed by atoms with van der Waals surface area (Å²) in [6, 6.07) is 3.41. The molecule has 0 aliphatic carbocycles. The molecule has 10 heavy (non-hydrogen) atoms. The fourth-order valence-electron chi connectivity index (χ4n) is 1.09. The van der Waals surface area contributed by atoms with Crippen LogP contribution in [0.15, 0.2) is 0 Å². The van der Waals surface area contributed by atoms with Crippen LogP contribution in [0.4, 0.5) is 0 Å². The van der Waals surface area contributed by atoms with Crippen molar-refractivity contribution in [3.05, 3.63) is 20.8 Å². The lowest BCUT2D eigenvalue weighted by Crippen LogP contribution is -2.30. The number of hydrogen-bond acceptors (Lipinski definition) is 0. The first kappa shape index (κ1) is 10.2. The Morgan fingerprint density at radius 3 is 1.50 bits per heavy atom. The van der Waals surface area contributed by atoms with E-state index in [1.807, 2.05) is 0 Å². The van der Waals surface area contributed by atoms with Gasteiger partial charge in [0.2, 0.25) is 0 Å². The van der Waals surface area contributed by atoms with E-state index in [1.54, 1.807) is 0 Å². The van der Waals surface area contributed by atoms with E-state index in [9.17, 15) is 0 Å². The Bertz CT molecular complexity index is 66.5. The lowest BCUT2D eigenvalue weighted by atomic mass is 10.6. The van der Waals surface area contributed by atoms with Gasteiger partial charge in [-0.05, 0) is 20.8 Å². The van der Waals surface area contributed by atoms with E-state index in [1.165, 1.54) is 6.04 Å². The van der Waals surface area contributed by atoms with Gasteiger partial charge in [0, 0.05) is 0 Å². The molecule has 0 amide bonds. The standard InChI is InChI=1S/C9H16Si/c1-5-9-10(6-2,7-3)8-4/h2-4H,5-9H2,1H3. The third-order valence-corrected chi connectivity index (χ3v) is 6.24. The third-order valence-electron chi connectivity index (χ3n) is 2.08. The molecule has 0 N–H and O–H groups in total. The first-order valence-corrected chi connectivity index (χ1v) is 6.67. The zero-order valence-corrected chi connectivity index (χ0v) is 7.77. The SMILES string of the molecule is [CH]C[Si](C[CH])(C[CH])CCC. The molecule has 0 aromatic carbocycles. The zero-order chi connectivity index (χ0) is 8.04. The van der Waals surface area contributed by atoms with Gasteiger partial charge >= 0.3 is 0 Å². The third kappa shape index (κ3) is 2.45. The quantitative estimate of drug-likeness (QED) is 0.531. The van der Waals surface area contributed by atoms with Crippen LogP contribution in [0, 0.1) is 20.8 Å². The summed E-state index contributed by atoms with van der Waals surface area (Å²) in [7, 11) is -1.38. The Hall–Kier alpha value is 0.217. The van der Waals surface area contributed by atoms with E-state index in [0.29, 0.717) is 0 Å². The van der Waals surface area contributed by atoms with E-state index in [-0.39, 0.29) is 0 Å². The highest BCUT2D eigenvalue weighted by Gasteiger charge is 2.24. The Balaban J connectivity index is 3.87. The summed E-state index contributed by atoms with van der Waals surface area (Å²) >= 11 is 0. The molecule has 0 spiro atoms. The molecule has 0 saturated carbocycles. The second-order valence-electron chi connectivity index (χ2n) is 2.86. The van der Waals surface area contributed by atoms with E-state index in [4.69, 9.17) is 20.8 Å². The van der Waals surface area contributed by atoms with Crippen molar-refractivity contribution in [3.8, 4) is 0 Å². The monoisotopic (exact) mass is 152 g/mol. The molecule has 0 fully saturated rings. The van der Waals surface area contributed by atoms with Crippen molar-refractivity contribution >= 4 is 8.07 Å². The maximum absolute atomic E-state index is 5.62. The van der Waals surface area contributed by atoms with Crippen molar-refractivity contribution in [3.63, 3.8) is 0 Å². The molecule has 0 aliphatic rings. The predicted octanol–water partition coefficient (Wildman–Crippen LogP) is 2.98. The first-order chi connectivity index (χ1) is 4.74. The summed E-state index contributed by atoms with van der Waals surface area (Å²) in [6.07, 6.45) is 1.16. The summed E-state index contributed by atoms with van der Waals surface area (Å²) < 4.78 is 0. The lowest BCUT2D eigenvalue weighted by molar-refractivity contribution is 1.02. The average Bonchev–Trinajstić information content (AvgIpc) is 2.01. The highest BCUT2D eigenvalue weighted by atomic mass is 28.3. The topological polar surface area (TPSA) is 0 Å². The average molecular weight is 152 g/mol. The molecular formula is C9H16Si. The molecular weight excluding hydrogens is 136 g/mol. The summed E-state index contributed by atoms with van der Waals surface area (Å²) in [4.78, 5) is 0. The molecule has 0 aromatic rings. The van der Waals surface area contributed by atoms with Gasteiger partial charge in [0.1, 0.15) is 0 Å². The van der Waals surface area contributed by atoms with Crippen LogP contribution in [-0.2, 0) is 0 Å². The second kappa shape index (κ2) is 4.95. The molecule has 0 unspecified atom stereocenters. The lowest BCUT2D eigenvalue weighted by Gasteiger charge is -2.26. The molecule has 0 rings (SSSR count). The van der Waals surface area contributed by atoms with Gasteiger partial charge in [-0.2, -0.15) is 0 Å². The van der Waals surface area contributed by atoms with Crippen LogP contribution in [0.5, 0.6) is 0 Å².